The SMILES string of the molecule is C[N+]1(C2CCCO2)C=C(F)C(=O)N(C[N+]2(O)CCOCC2)C1=O. The van der Waals surface area contributed by atoms with Gasteiger partial charge in [-0.25, -0.2) is 10.0 Å². The molecule has 0 radical (unpaired) electrons. The van der Waals surface area contributed by atoms with Crippen LogP contribution in [-0.2, 0) is 14.3 Å². The molecule has 3 aliphatic heterocycles. The maximum atomic E-state index is 14.2. The van der Waals surface area contributed by atoms with Gasteiger partial charge in [0.25, 0.3) is 0 Å². The molecule has 2 fully saturated rings. The van der Waals surface area contributed by atoms with Crippen molar-refractivity contribution in [3.63, 3.8) is 0 Å². The van der Waals surface area contributed by atoms with Crippen LogP contribution in [0.5, 0.6) is 0 Å². The molecule has 0 bridgehead atoms. The highest BCUT2D eigenvalue weighted by Crippen LogP contribution is 2.31. The van der Waals surface area contributed by atoms with Crippen LogP contribution in [0, 0.1) is 0 Å². The number of hydrogen-bond donors (Lipinski definition) is 1. The number of hydroxylamine groups is 3. The Kier molecular flexibility index (Phi) is 4.23. The van der Waals surface area contributed by atoms with Crippen LogP contribution in [0.4, 0.5) is 9.18 Å². The van der Waals surface area contributed by atoms with E-state index in [2.05, 4.69) is 0 Å². The average Bonchev–Trinajstić information content (AvgIpc) is 3.05. The summed E-state index contributed by atoms with van der Waals surface area (Å²) in [4.78, 5) is 25.7. The number of carbonyl (C=O) groups excluding carboxylic acids is 2. The third kappa shape index (κ3) is 2.90. The minimum Gasteiger partial charge on any atom is -0.370 e. The van der Waals surface area contributed by atoms with Crippen LogP contribution >= 0.6 is 0 Å². The first-order valence-corrected chi connectivity index (χ1v) is 7.75. The van der Waals surface area contributed by atoms with E-state index >= 15 is 0 Å². The van der Waals surface area contributed by atoms with Gasteiger partial charge in [0.05, 0.1) is 26.9 Å². The van der Waals surface area contributed by atoms with Crippen LogP contribution in [0.3, 0.4) is 0 Å². The lowest BCUT2D eigenvalue weighted by molar-refractivity contribution is -1.11. The van der Waals surface area contributed by atoms with Crippen molar-refractivity contribution in [1.29, 1.82) is 0 Å². The van der Waals surface area contributed by atoms with Gasteiger partial charge in [0.15, 0.2) is 6.67 Å². The standard InChI is InChI=1S/C14H22FN3O5/c1-17(12-3-2-6-23-12)9-11(15)13(19)16(14(17)20)10-18(21)4-7-22-8-5-18/h9,12,21H,2-8,10H2,1H3/q+2. The summed E-state index contributed by atoms with van der Waals surface area (Å²) in [5, 5.41) is 10.5. The summed E-state index contributed by atoms with van der Waals surface area (Å²) >= 11 is 0. The van der Waals surface area contributed by atoms with E-state index in [9.17, 15) is 19.2 Å². The fourth-order valence-electron chi connectivity index (χ4n) is 3.22. The fraction of sp³-hybridized carbons (Fsp3) is 0.714. The van der Waals surface area contributed by atoms with Crippen molar-refractivity contribution in [2.45, 2.75) is 19.1 Å². The van der Waals surface area contributed by atoms with Gasteiger partial charge in [-0.1, -0.05) is 0 Å². The molecule has 3 rings (SSSR count). The molecular weight excluding hydrogens is 309 g/mol. The summed E-state index contributed by atoms with van der Waals surface area (Å²) in [7, 11) is 1.53. The summed E-state index contributed by atoms with van der Waals surface area (Å²) in [5.41, 5.74) is 0. The van der Waals surface area contributed by atoms with Gasteiger partial charge in [-0.3, -0.25) is 4.79 Å². The van der Waals surface area contributed by atoms with Gasteiger partial charge in [-0.15, -0.1) is 0 Å². The zero-order valence-corrected chi connectivity index (χ0v) is 13.1. The van der Waals surface area contributed by atoms with Crippen molar-refractivity contribution < 1.29 is 37.8 Å². The van der Waals surface area contributed by atoms with Gasteiger partial charge in [0.2, 0.25) is 12.1 Å². The zero-order valence-electron chi connectivity index (χ0n) is 13.1. The number of urea groups is 1. The van der Waals surface area contributed by atoms with Crippen LogP contribution in [0.15, 0.2) is 12.0 Å². The first-order chi connectivity index (χ1) is 10.9. The second-order valence-corrected chi connectivity index (χ2v) is 6.40. The molecule has 3 heterocycles. The molecule has 128 valence electrons. The Hall–Kier alpha value is -1.39. The van der Waals surface area contributed by atoms with Gasteiger partial charge in [-0.2, -0.15) is 18.4 Å². The number of rotatable bonds is 3. The van der Waals surface area contributed by atoms with E-state index in [1.54, 1.807) is 0 Å². The maximum absolute atomic E-state index is 14.2. The molecule has 3 aliphatic rings. The van der Waals surface area contributed by atoms with E-state index in [1.165, 1.54) is 7.05 Å². The maximum Gasteiger partial charge on any atom is 0.437 e. The highest BCUT2D eigenvalue weighted by molar-refractivity contribution is 6.02. The average molecular weight is 331 g/mol. The third-order valence-electron chi connectivity index (χ3n) is 4.69. The van der Waals surface area contributed by atoms with Crippen molar-refractivity contribution in [1.82, 2.24) is 4.90 Å². The van der Waals surface area contributed by atoms with E-state index in [0.29, 0.717) is 26.2 Å². The number of halogens is 1. The van der Waals surface area contributed by atoms with E-state index in [-0.39, 0.29) is 19.8 Å². The summed E-state index contributed by atoms with van der Waals surface area (Å²) in [6.07, 6.45) is 1.90. The summed E-state index contributed by atoms with van der Waals surface area (Å²) in [5.74, 6) is -2.01. The Balaban J connectivity index is 1.86. The van der Waals surface area contributed by atoms with Crippen LogP contribution in [-0.4, -0.2) is 84.0 Å². The Labute approximate surface area is 133 Å². The fourth-order valence-corrected chi connectivity index (χ4v) is 3.22. The molecule has 0 aliphatic carbocycles. The number of nitrogens with zero attached hydrogens (tertiary/aromatic N) is 3. The molecule has 23 heavy (non-hydrogen) atoms. The molecular formula is C14H22FN3O5+2. The van der Waals surface area contributed by atoms with Crippen molar-refractivity contribution in [2.75, 3.05) is 46.6 Å². The first-order valence-electron chi connectivity index (χ1n) is 7.75. The van der Waals surface area contributed by atoms with Gasteiger partial charge in [0, 0.05) is 6.42 Å². The monoisotopic (exact) mass is 331 g/mol. The molecule has 8 nitrogen and oxygen atoms in total. The van der Waals surface area contributed by atoms with E-state index < -0.39 is 33.1 Å². The van der Waals surface area contributed by atoms with Crippen molar-refractivity contribution >= 4 is 11.9 Å². The van der Waals surface area contributed by atoms with Crippen molar-refractivity contribution in [2.24, 2.45) is 0 Å². The van der Waals surface area contributed by atoms with Crippen molar-refractivity contribution in [3.05, 3.63) is 12.0 Å². The van der Waals surface area contributed by atoms with E-state index in [0.717, 1.165) is 17.5 Å². The Morgan fingerprint density at radius 3 is 2.65 bits per heavy atom. The first kappa shape index (κ1) is 16.5. The number of quaternary nitrogens is 2. The van der Waals surface area contributed by atoms with Crippen LogP contribution in [0.25, 0.3) is 0 Å². The minimum absolute atomic E-state index is 0.242. The quantitative estimate of drug-likeness (QED) is 0.764. The molecule has 2 atom stereocenters. The molecule has 9 heteroatoms. The number of amides is 3. The lowest BCUT2D eigenvalue weighted by Crippen LogP contribution is -2.67. The minimum atomic E-state index is -1.01. The summed E-state index contributed by atoms with van der Waals surface area (Å²) in [6, 6.07) is -0.582. The second-order valence-electron chi connectivity index (χ2n) is 6.40. The molecule has 1 N–H and O–H groups in total. The van der Waals surface area contributed by atoms with Crippen molar-refractivity contribution in [3.8, 4) is 0 Å². The smallest absolute Gasteiger partial charge is 0.370 e. The molecule has 2 unspecified atom stereocenters. The van der Waals surface area contributed by atoms with Crippen LogP contribution in [0.1, 0.15) is 12.8 Å². The zero-order chi connectivity index (χ0) is 16.7. The Morgan fingerprint density at radius 2 is 2.04 bits per heavy atom. The molecule has 0 aromatic heterocycles. The summed E-state index contributed by atoms with van der Waals surface area (Å²) < 4.78 is 23.9. The Bertz CT molecular complexity index is 543. The molecule has 0 spiro atoms. The lowest BCUT2D eigenvalue weighted by atomic mass is 10.2. The predicted molar refractivity (Wildman–Crippen MR) is 74.1 cm³/mol. The van der Waals surface area contributed by atoms with Gasteiger partial charge in [0.1, 0.15) is 19.3 Å². The molecule has 0 aromatic carbocycles. The number of imide groups is 1. The van der Waals surface area contributed by atoms with Crippen LogP contribution in [0.2, 0.25) is 0 Å². The van der Waals surface area contributed by atoms with Crippen LogP contribution < -0.4 is 0 Å². The third-order valence-corrected chi connectivity index (χ3v) is 4.69. The normalized spacial score (nSPS) is 34.7. The lowest BCUT2D eigenvalue weighted by Gasteiger charge is -2.41. The van der Waals surface area contributed by atoms with Gasteiger partial charge < -0.3 is 9.47 Å². The van der Waals surface area contributed by atoms with Gasteiger partial charge in [-0.05, 0) is 6.42 Å². The van der Waals surface area contributed by atoms with Gasteiger partial charge >= 0.3 is 11.9 Å². The number of morpholine rings is 1. The van der Waals surface area contributed by atoms with E-state index in [1.807, 2.05) is 0 Å². The molecule has 0 saturated carbocycles. The molecule has 3 amide bonds. The van der Waals surface area contributed by atoms with E-state index in [4.69, 9.17) is 9.47 Å². The molecule has 0 aromatic rings. The highest BCUT2D eigenvalue weighted by Gasteiger charge is 2.53. The predicted octanol–water partition coefficient (Wildman–Crippen LogP) is 0.536. The topological polar surface area (TPSA) is 76.1 Å². The molecule has 2 saturated heterocycles. The second kappa shape index (κ2) is 5.91. The number of carbonyl (C=O) groups is 2. The number of hydrogen-bond acceptors (Lipinski definition) is 5. The highest BCUT2D eigenvalue weighted by atomic mass is 19.1. The largest absolute Gasteiger partial charge is 0.437 e. The summed E-state index contributed by atoms with van der Waals surface area (Å²) in [6.45, 7) is 1.35. The number of ether oxygens (including phenoxy) is 2. The Morgan fingerprint density at radius 1 is 1.35 bits per heavy atom.